The molecule has 3 aromatic carbocycles. The average molecular weight is 494 g/mol. The van der Waals surface area contributed by atoms with E-state index in [1.165, 1.54) is 48.5 Å². The third kappa shape index (κ3) is 3.65. The molecule has 152 valence electrons. The highest BCUT2D eigenvalue weighted by Gasteiger charge is 2.51. The Hall–Kier alpha value is -1.67. The van der Waals surface area contributed by atoms with Crippen molar-refractivity contribution in [2.75, 3.05) is 0 Å². The average Bonchev–Trinajstić information content (AvgIpc) is 2.64. The predicted octanol–water partition coefficient (Wildman–Crippen LogP) is 5.89. The van der Waals surface area contributed by atoms with Crippen molar-refractivity contribution in [3.8, 4) is 11.5 Å². The van der Waals surface area contributed by atoms with Crippen LogP contribution < -0.4 is 0 Å². The summed E-state index contributed by atoms with van der Waals surface area (Å²) in [6.07, 6.45) is 0. The Morgan fingerprint density at radius 2 is 1.24 bits per heavy atom. The van der Waals surface area contributed by atoms with Gasteiger partial charge in [-0.25, -0.2) is 0 Å². The number of halogens is 4. The normalized spacial score (nSPS) is 13.8. The molecular weight excluding hydrogens is 482 g/mol. The van der Waals surface area contributed by atoms with E-state index in [1.54, 1.807) is 0 Å². The van der Waals surface area contributed by atoms with Gasteiger partial charge in [0, 0.05) is 15.6 Å². The fourth-order valence-corrected chi connectivity index (χ4v) is 5.79. The van der Waals surface area contributed by atoms with E-state index in [1.807, 2.05) is 0 Å². The number of hydrogen-bond acceptors (Lipinski definition) is 4. The molecule has 0 fully saturated rings. The van der Waals surface area contributed by atoms with Gasteiger partial charge in [0.15, 0.2) is 10.5 Å². The zero-order valence-corrected chi connectivity index (χ0v) is 18.1. The summed E-state index contributed by atoms with van der Waals surface area (Å²) in [5.74, 6) is -0.737. The number of aromatic hydroxyl groups is 2. The Balaban J connectivity index is 2.59. The molecule has 0 spiro atoms. The molecule has 0 bridgehead atoms. The lowest BCUT2D eigenvalue weighted by atomic mass is 9.83. The topological polar surface area (TPSA) is 94.8 Å². The third-order valence-corrected chi connectivity index (χ3v) is 7.07. The van der Waals surface area contributed by atoms with E-state index >= 15 is 0 Å². The van der Waals surface area contributed by atoms with Crippen LogP contribution in [0.4, 0.5) is 0 Å². The molecular formula is C19H12Cl4O5S. The van der Waals surface area contributed by atoms with Gasteiger partial charge >= 0.3 is 0 Å². The minimum atomic E-state index is -5.03. The van der Waals surface area contributed by atoms with Crippen LogP contribution >= 0.6 is 46.4 Å². The lowest BCUT2D eigenvalue weighted by molar-refractivity contribution is 0.455. The molecule has 10 heteroatoms. The van der Waals surface area contributed by atoms with Crippen molar-refractivity contribution in [1.82, 2.24) is 0 Å². The molecule has 3 aromatic rings. The van der Waals surface area contributed by atoms with Crippen LogP contribution in [0.25, 0.3) is 0 Å². The van der Waals surface area contributed by atoms with Crippen molar-refractivity contribution in [3.05, 3.63) is 91.4 Å². The summed E-state index contributed by atoms with van der Waals surface area (Å²) in [4.78, 5) is 0. The van der Waals surface area contributed by atoms with Crippen LogP contribution in [0, 0.1) is 0 Å². The van der Waals surface area contributed by atoms with Crippen LogP contribution in [0.3, 0.4) is 0 Å². The molecule has 0 amide bonds. The van der Waals surface area contributed by atoms with Gasteiger partial charge in [0.2, 0.25) is 0 Å². The van der Waals surface area contributed by atoms with Crippen molar-refractivity contribution < 1.29 is 23.2 Å². The van der Waals surface area contributed by atoms with Gasteiger partial charge in [-0.1, -0.05) is 70.7 Å². The smallest absolute Gasteiger partial charge is 0.283 e. The Morgan fingerprint density at radius 1 is 0.759 bits per heavy atom. The number of rotatable bonds is 4. The van der Waals surface area contributed by atoms with Crippen molar-refractivity contribution in [2.24, 2.45) is 0 Å². The van der Waals surface area contributed by atoms with E-state index in [0.717, 1.165) is 6.07 Å². The maximum Gasteiger partial charge on any atom is 0.283 e. The number of phenols is 2. The molecule has 0 aromatic heterocycles. The van der Waals surface area contributed by atoms with Gasteiger partial charge in [-0.05, 0) is 41.5 Å². The van der Waals surface area contributed by atoms with Gasteiger partial charge in [-0.15, -0.1) is 0 Å². The molecule has 1 atom stereocenters. The van der Waals surface area contributed by atoms with Crippen molar-refractivity contribution in [3.63, 3.8) is 0 Å². The highest BCUT2D eigenvalue weighted by molar-refractivity contribution is 7.87. The van der Waals surface area contributed by atoms with Gasteiger partial charge in [-0.2, -0.15) is 8.42 Å². The SMILES string of the molecule is O=S(=O)(O)C(c1ccc(O)cc1)(c1ccc(Cl)cc1)c1c(Cl)cc(Cl)c(O)c1Cl. The Bertz CT molecular complexity index is 1130. The van der Waals surface area contributed by atoms with Gasteiger partial charge < -0.3 is 10.2 Å². The molecule has 1 unspecified atom stereocenters. The maximum absolute atomic E-state index is 13.0. The third-order valence-electron chi connectivity index (χ3n) is 4.41. The second-order valence-electron chi connectivity index (χ2n) is 6.09. The second kappa shape index (κ2) is 7.87. The summed E-state index contributed by atoms with van der Waals surface area (Å²) in [5, 5.41) is 19.4. The Kier molecular flexibility index (Phi) is 5.98. The number of hydrogen-bond donors (Lipinski definition) is 3. The monoisotopic (exact) mass is 492 g/mol. The molecule has 0 heterocycles. The van der Waals surface area contributed by atoms with Crippen molar-refractivity contribution >= 4 is 56.5 Å². The summed E-state index contributed by atoms with van der Waals surface area (Å²) in [5.41, 5.74) is -0.260. The Morgan fingerprint density at radius 3 is 1.72 bits per heavy atom. The summed E-state index contributed by atoms with van der Waals surface area (Å²) < 4.78 is 34.0. The fourth-order valence-electron chi connectivity index (χ4n) is 3.17. The number of phenolic OH excluding ortho intramolecular Hbond substituents is 2. The predicted molar refractivity (Wildman–Crippen MR) is 114 cm³/mol. The first-order valence-electron chi connectivity index (χ1n) is 7.89. The molecule has 3 N–H and O–H groups in total. The van der Waals surface area contributed by atoms with E-state index in [-0.39, 0.29) is 32.5 Å². The molecule has 5 nitrogen and oxygen atoms in total. The lowest BCUT2D eigenvalue weighted by Crippen LogP contribution is -2.38. The minimum absolute atomic E-state index is 0.00523. The van der Waals surface area contributed by atoms with E-state index < -0.39 is 25.6 Å². The first-order valence-corrected chi connectivity index (χ1v) is 10.8. The largest absolute Gasteiger partial charge is 0.508 e. The zero-order valence-electron chi connectivity index (χ0n) is 14.3. The fraction of sp³-hybridized carbons (Fsp3) is 0.0526. The van der Waals surface area contributed by atoms with E-state index in [0.29, 0.717) is 5.02 Å². The van der Waals surface area contributed by atoms with Crippen LogP contribution in [0.15, 0.2) is 54.6 Å². The molecule has 0 saturated carbocycles. The minimum Gasteiger partial charge on any atom is -0.508 e. The first-order chi connectivity index (χ1) is 13.5. The molecule has 3 rings (SSSR count). The van der Waals surface area contributed by atoms with Gasteiger partial charge in [-0.3, -0.25) is 4.55 Å². The summed E-state index contributed by atoms with van der Waals surface area (Å²) >= 11 is 24.5. The quantitative estimate of drug-likeness (QED) is 0.311. The summed E-state index contributed by atoms with van der Waals surface area (Å²) in [6.45, 7) is 0. The summed E-state index contributed by atoms with van der Waals surface area (Å²) in [6, 6.07) is 11.8. The van der Waals surface area contributed by atoms with Crippen LogP contribution in [0.2, 0.25) is 20.1 Å². The van der Waals surface area contributed by atoms with Crippen LogP contribution in [-0.2, 0) is 14.9 Å². The molecule has 29 heavy (non-hydrogen) atoms. The van der Waals surface area contributed by atoms with Crippen LogP contribution in [0.1, 0.15) is 16.7 Å². The maximum atomic E-state index is 13.0. The molecule has 0 radical (unpaired) electrons. The first kappa shape index (κ1) is 22.0. The lowest BCUT2D eigenvalue weighted by Gasteiger charge is -2.34. The van der Waals surface area contributed by atoms with Gasteiger partial charge in [0.05, 0.1) is 10.0 Å². The van der Waals surface area contributed by atoms with Crippen LogP contribution in [0.5, 0.6) is 11.5 Å². The van der Waals surface area contributed by atoms with Crippen LogP contribution in [-0.4, -0.2) is 23.2 Å². The highest BCUT2D eigenvalue weighted by atomic mass is 35.5. The molecule has 0 saturated heterocycles. The number of benzene rings is 3. The van der Waals surface area contributed by atoms with Gasteiger partial charge in [0.25, 0.3) is 10.1 Å². The molecule has 0 aliphatic rings. The zero-order chi connectivity index (χ0) is 21.6. The molecule has 0 aliphatic heterocycles. The Labute approximate surface area is 186 Å². The second-order valence-corrected chi connectivity index (χ2v) is 9.28. The van der Waals surface area contributed by atoms with E-state index in [2.05, 4.69) is 0 Å². The summed E-state index contributed by atoms with van der Waals surface area (Å²) in [7, 11) is -5.03. The van der Waals surface area contributed by atoms with E-state index in [9.17, 15) is 23.2 Å². The molecule has 0 aliphatic carbocycles. The van der Waals surface area contributed by atoms with Crippen molar-refractivity contribution in [1.29, 1.82) is 0 Å². The standard InChI is InChI=1S/C19H12Cl4O5S/c20-12-5-1-10(2-6-12)19(29(26,27)28,11-3-7-13(24)8-4-11)16-14(21)9-15(22)18(25)17(16)23/h1-9,24-25H,(H,26,27,28). The van der Waals surface area contributed by atoms with Gasteiger partial charge in [0.1, 0.15) is 5.75 Å². The highest BCUT2D eigenvalue weighted by Crippen LogP contribution is 2.52. The van der Waals surface area contributed by atoms with E-state index in [4.69, 9.17) is 46.4 Å². The van der Waals surface area contributed by atoms with Crippen molar-refractivity contribution in [2.45, 2.75) is 4.75 Å².